The molecule has 0 aliphatic heterocycles. The first kappa shape index (κ1) is 19.8. The zero-order valence-electron chi connectivity index (χ0n) is 18.0. The molecule has 0 saturated heterocycles. The number of pyridine rings is 2. The van der Waals surface area contributed by atoms with Crippen molar-refractivity contribution in [3.8, 4) is 22.3 Å². The minimum absolute atomic E-state index is 0.797. The molecule has 0 fully saturated rings. The summed E-state index contributed by atoms with van der Waals surface area (Å²) < 4.78 is 0. The van der Waals surface area contributed by atoms with Crippen LogP contribution in [-0.4, -0.2) is 9.97 Å². The maximum Gasteiger partial charge on any atom is 0.0400 e. The van der Waals surface area contributed by atoms with Crippen LogP contribution in [0.25, 0.3) is 22.3 Å². The van der Waals surface area contributed by atoms with Crippen molar-refractivity contribution in [1.82, 2.24) is 9.97 Å². The Kier molecular flexibility index (Phi) is 5.62. The molecule has 0 amide bonds. The Morgan fingerprint density at radius 2 is 1.00 bits per heavy atom. The van der Waals surface area contributed by atoms with Crippen molar-refractivity contribution in [2.75, 3.05) is 5.32 Å². The van der Waals surface area contributed by atoms with E-state index in [4.69, 9.17) is 0 Å². The Bertz CT molecular complexity index is 1020. The number of nitrogens with zero attached hydrogens (tertiary/aromatic N) is 2. The van der Waals surface area contributed by atoms with E-state index >= 15 is 0 Å². The van der Waals surface area contributed by atoms with Gasteiger partial charge in [-0.2, -0.15) is 0 Å². The lowest BCUT2D eigenvalue weighted by atomic mass is 9.94. The van der Waals surface area contributed by atoms with Crippen molar-refractivity contribution >= 4 is 5.69 Å². The predicted octanol–water partition coefficient (Wildman–Crippen LogP) is 6.66. The molecule has 4 aromatic rings. The largest absolute Gasteiger partial charge is 0.381 e. The quantitative estimate of drug-likeness (QED) is 0.412. The molecule has 0 aliphatic carbocycles. The molecular formula is C27H27N3. The molecule has 2 heterocycles. The molecule has 2 aromatic carbocycles. The molecule has 0 atom stereocenters. The van der Waals surface area contributed by atoms with Gasteiger partial charge in [0.1, 0.15) is 0 Å². The maximum atomic E-state index is 4.14. The molecule has 2 aromatic heterocycles. The van der Waals surface area contributed by atoms with Gasteiger partial charge in [0.05, 0.1) is 0 Å². The highest BCUT2D eigenvalue weighted by atomic mass is 14.9. The number of hydrogen-bond donors (Lipinski definition) is 1. The van der Waals surface area contributed by atoms with Crippen LogP contribution in [0.2, 0.25) is 0 Å². The zero-order chi connectivity index (χ0) is 21.1. The van der Waals surface area contributed by atoms with Gasteiger partial charge in [-0.1, -0.05) is 12.1 Å². The van der Waals surface area contributed by atoms with Crippen molar-refractivity contribution in [2.45, 2.75) is 34.2 Å². The van der Waals surface area contributed by atoms with Crippen molar-refractivity contribution in [3.05, 3.63) is 101 Å². The average Bonchev–Trinajstić information content (AvgIpc) is 2.73. The van der Waals surface area contributed by atoms with E-state index < -0.39 is 0 Å². The smallest absolute Gasteiger partial charge is 0.0400 e. The third-order valence-corrected chi connectivity index (χ3v) is 5.56. The van der Waals surface area contributed by atoms with Crippen LogP contribution >= 0.6 is 0 Å². The summed E-state index contributed by atoms with van der Waals surface area (Å²) in [4.78, 5) is 8.27. The van der Waals surface area contributed by atoms with Gasteiger partial charge in [0, 0.05) is 37.0 Å². The van der Waals surface area contributed by atoms with Gasteiger partial charge in [0.25, 0.3) is 0 Å². The van der Waals surface area contributed by atoms with Gasteiger partial charge < -0.3 is 5.32 Å². The molecular weight excluding hydrogens is 366 g/mol. The van der Waals surface area contributed by atoms with E-state index in [1.165, 1.54) is 50.1 Å². The van der Waals surface area contributed by atoms with Gasteiger partial charge in [0.2, 0.25) is 0 Å². The van der Waals surface area contributed by atoms with Crippen LogP contribution in [0.3, 0.4) is 0 Å². The van der Waals surface area contributed by atoms with Crippen molar-refractivity contribution in [1.29, 1.82) is 0 Å². The summed E-state index contributed by atoms with van der Waals surface area (Å²) in [5, 5.41) is 3.61. The van der Waals surface area contributed by atoms with Crippen LogP contribution in [0.5, 0.6) is 0 Å². The third kappa shape index (κ3) is 4.11. The molecule has 1 N–H and O–H groups in total. The van der Waals surface area contributed by atoms with E-state index in [1.807, 2.05) is 24.8 Å². The number of anilines is 1. The summed E-state index contributed by atoms with van der Waals surface area (Å²) in [6.45, 7) is 9.51. The first-order valence-electron chi connectivity index (χ1n) is 10.3. The number of aromatic nitrogens is 2. The lowest BCUT2D eigenvalue weighted by molar-refractivity contribution is 1.13. The zero-order valence-corrected chi connectivity index (χ0v) is 18.0. The fourth-order valence-electron chi connectivity index (χ4n) is 4.37. The highest BCUT2D eigenvalue weighted by Crippen LogP contribution is 2.31. The number of hydrogen-bond acceptors (Lipinski definition) is 3. The van der Waals surface area contributed by atoms with E-state index in [9.17, 15) is 0 Å². The van der Waals surface area contributed by atoms with Crippen LogP contribution in [0.1, 0.15) is 27.8 Å². The van der Waals surface area contributed by atoms with Crippen molar-refractivity contribution in [3.63, 3.8) is 0 Å². The van der Waals surface area contributed by atoms with E-state index in [2.05, 4.69) is 91.5 Å². The van der Waals surface area contributed by atoms with Gasteiger partial charge in [-0.05, 0) is 114 Å². The van der Waals surface area contributed by atoms with Crippen LogP contribution in [0.4, 0.5) is 5.69 Å². The third-order valence-electron chi connectivity index (χ3n) is 5.56. The summed E-state index contributed by atoms with van der Waals surface area (Å²) in [6.07, 6.45) is 7.40. The van der Waals surface area contributed by atoms with Crippen LogP contribution in [-0.2, 0) is 6.54 Å². The van der Waals surface area contributed by atoms with Crippen molar-refractivity contribution in [2.24, 2.45) is 0 Å². The van der Waals surface area contributed by atoms with E-state index in [0.717, 1.165) is 12.2 Å². The Hall–Kier alpha value is -3.46. The second kappa shape index (κ2) is 8.50. The number of rotatable bonds is 5. The molecule has 0 aliphatic rings. The monoisotopic (exact) mass is 393 g/mol. The first-order valence-corrected chi connectivity index (χ1v) is 10.3. The molecule has 3 nitrogen and oxygen atoms in total. The van der Waals surface area contributed by atoms with Crippen LogP contribution in [0.15, 0.2) is 73.3 Å². The van der Waals surface area contributed by atoms with Gasteiger partial charge in [-0.15, -0.1) is 0 Å². The Morgan fingerprint density at radius 3 is 1.43 bits per heavy atom. The summed E-state index contributed by atoms with van der Waals surface area (Å²) in [7, 11) is 0. The molecule has 0 bridgehead atoms. The molecule has 0 unspecified atom stereocenters. The second-order valence-corrected chi connectivity index (χ2v) is 7.91. The molecule has 0 radical (unpaired) electrons. The lowest BCUT2D eigenvalue weighted by Gasteiger charge is -2.16. The number of benzene rings is 2. The highest BCUT2D eigenvalue weighted by Gasteiger charge is 2.10. The first-order chi connectivity index (χ1) is 14.5. The van der Waals surface area contributed by atoms with E-state index in [1.54, 1.807) is 0 Å². The van der Waals surface area contributed by atoms with Gasteiger partial charge in [-0.25, -0.2) is 0 Å². The van der Waals surface area contributed by atoms with E-state index in [0.29, 0.717) is 0 Å². The number of nitrogens with one attached hydrogen (secondary N) is 1. The summed E-state index contributed by atoms with van der Waals surface area (Å²) in [5.41, 5.74) is 12.6. The maximum absolute atomic E-state index is 4.14. The van der Waals surface area contributed by atoms with Crippen LogP contribution < -0.4 is 5.32 Å². The van der Waals surface area contributed by atoms with Crippen LogP contribution in [0, 0.1) is 27.7 Å². The normalized spacial score (nSPS) is 10.8. The topological polar surface area (TPSA) is 37.8 Å². The fraction of sp³-hybridized carbons (Fsp3) is 0.185. The van der Waals surface area contributed by atoms with Gasteiger partial charge in [-0.3, -0.25) is 9.97 Å². The summed E-state index contributed by atoms with van der Waals surface area (Å²) in [5.74, 6) is 0. The molecule has 4 rings (SSSR count). The summed E-state index contributed by atoms with van der Waals surface area (Å²) in [6, 6.07) is 17.3. The summed E-state index contributed by atoms with van der Waals surface area (Å²) >= 11 is 0. The molecule has 0 saturated carbocycles. The lowest BCUT2D eigenvalue weighted by Crippen LogP contribution is -2.03. The number of aryl methyl sites for hydroxylation is 4. The molecule has 30 heavy (non-hydrogen) atoms. The minimum Gasteiger partial charge on any atom is -0.381 e. The Balaban J connectivity index is 1.55. The SMILES string of the molecule is Cc1cc(CNc2cc(C)c(-c3ccncc3)c(C)c2)cc(C)c1-c1ccncc1. The molecule has 0 spiro atoms. The molecule has 3 heteroatoms. The molecule has 150 valence electrons. The fourth-order valence-corrected chi connectivity index (χ4v) is 4.37. The second-order valence-electron chi connectivity index (χ2n) is 7.91. The standard InChI is InChI=1S/C27H27N3/c1-18-13-22(14-19(2)26(18)23-5-9-28-10-6-23)17-30-25-15-20(3)27(21(4)16-25)24-7-11-29-12-8-24/h5-16,30H,17H2,1-4H3. The predicted molar refractivity (Wildman–Crippen MR) is 126 cm³/mol. The highest BCUT2D eigenvalue weighted by molar-refractivity contribution is 5.74. The van der Waals surface area contributed by atoms with Gasteiger partial charge in [0.15, 0.2) is 0 Å². The van der Waals surface area contributed by atoms with E-state index in [-0.39, 0.29) is 0 Å². The average molecular weight is 394 g/mol. The Labute approximate surface area is 178 Å². The van der Waals surface area contributed by atoms with Gasteiger partial charge >= 0.3 is 0 Å². The Morgan fingerprint density at radius 1 is 0.600 bits per heavy atom. The minimum atomic E-state index is 0.797. The van der Waals surface area contributed by atoms with Crippen molar-refractivity contribution < 1.29 is 0 Å².